The highest BCUT2D eigenvalue weighted by molar-refractivity contribution is 7.94. The topological polar surface area (TPSA) is 78.4 Å². The van der Waals surface area contributed by atoms with Crippen molar-refractivity contribution in [1.29, 1.82) is 0 Å². The molecule has 0 spiro atoms. The van der Waals surface area contributed by atoms with Gasteiger partial charge in [0.05, 0.1) is 12.3 Å². The van der Waals surface area contributed by atoms with Gasteiger partial charge in [-0.15, -0.1) is 11.3 Å². The van der Waals surface area contributed by atoms with Crippen molar-refractivity contribution < 1.29 is 13.5 Å². The molecule has 1 fully saturated rings. The summed E-state index contributed by atoms with van der Waals surface area (Å²) in [5.74, 6) is 0.804. The highest BCUT2D eigenvalue weighted by Crippen LogP contribution is 2.32. The number of benzene rings is 2. The molecule has 7 heteroatoms. The molecule has 3 aromatic rings. The van der Waals surface area contributed by atoms with Crippen LogP contribution in [0.4, 0.5) is 5.69 Å². The Morgan fingerprint density at radius 3 is 2.47 bits per heavy atom. The van der Waals surface area contributed by atoms with Crippen molar-refractivity contribution in [1.82, 2.24) is 5.32 Å². The van der Waals surface area contributed by atoms with E-state index in [9.17, 15) is 13.5 Å². The quantitative estimate of drug-likeness (QED) is 0.313. The van der Waals surface area contributed by atoms with Gasteiger partial charge in [0.2, 0.25) is 0 Å². The summed E-state index contributed by atoms with van der Waals surface area (Å²) in [5, 5.41) is 12.8. The van der Waals surface area contributed by atoms with Crippen molar-refractivity contribution >= 4 is 27.0 Å². The van der Waals surface area contributed by atoms with Gasteiger partial charge in [-0.3, -0.25) is 4.72 Å². The SMILES string of the molecule is C[C@@H](CC1CCCCC1)NCc1ccccc1NS(=O)(=O)c1ccc(-c2ccc(CO)cc2)s1. The molecule has 0 amide bonds. The average molecular weight is 499 g/mol. The van der Waals surface area contributed by atoms with E-state index in [1.165, 1.54) is 49.9 Å². The smallest absolute Gasteiger partial charge is 0.271 e. The molecule has 0 saturated heterocycles. The minimum Gasteiger partial charge on any atom is -0.392 e. The van der Waals surface area contributed by atoms with E-state index in [1.807, 2.05) is 54.6 Å². The van der Waals surface area contributed by atoms with Crippen molar-refractivity contribution in [2.24, 2.45) is 5.92 Å². The zero-order chi connectivity index (χ0) is 24.0. The van der Waals surface area contributed by atoms with Crippen LogP contribution in [0.15, 0.2) is 64.9 Å². The molecule has 4 rings (SSSR count). The van der Waals surface area contributed by atoms with Crippen LogP contribution in [0, 0.1) is 5.92 Å². The summed E-state index contributed by atoms with van der Waals surface area (Å²) in [6, 6.07) is 19.0. The molecule has 1 saturated carbocycles. The number of aliphatic hydroxyl groups is 1. The van der Waals surface area contributed by atoms with Crippen molar-refractivity contribution in [3.63, 3.8) is 0 Å². The number of hydrogen-bond donors (Lipinski definition) is 3. The number of nitrogens with one attached hydrogen (secondary N) is 2. The Balaban J connectivity index is 1.41. The van der Waals surface area contributed by atoms with E-state index >= 15 is 0 Å². The maximum Gasteiger partial charge on any atom is 0.271 e. The van der Waals surface area contributed by atoms with Gasteiger partial charge in [0.15, 0.2) is 0 Å². The average Bonchev–Trinajstić information content (AvgIpc) is 3.36. The summed E-state index contributed by atoms with van der Waals surface area (Å²) in [6.07, 6.45) is 7.90. The van der Waals surface area contributed by atoms with Gasteiger partial charge in [-0.05, 0) is 54.2 Å². The Bertz CT molecular complexity index is 1170. The lowest BCUT2D eigenvalue weighted by Gasteiger charge is -2.25. The van der Waals surface area contributed by atoms with Crippen LogP contribution < -0.4 is 10.0 Å². The normalized spacial score (nSPS) is 15.8. The van der Waals surface area contributed by atoms with Gasteiger partial charge in [-0.25, -0.2) is 8.42 Å². The molecule has 1 aliphatic rings. The fraction of sp³-hybridized carbons (Fsp3) is 0.407. The molecule has 1 aliphatic carbocycles. The molecule has 5 nitrogen and oxygen atoms in total. The number of para-hydroxylation sites is 1. The fourth-order valence-corrected chi connectivity index (χ4v) is 7.07. The predicted molar refractivity (Wildman–Crippen MR) is 140 cm³/mol. The van der Waals surface area contributed by atoms with Crippen LogP contribution in [0.2, 0.25) is 0 Å². The third kappa shape index (κ3) is 6.48. The summed E-state index contributed by atoms with van der Waals surface area (Å²) in [7, 11) is -3.70. The highest BCUT2D eigenvalue weighted by Gasteiger charge is 2.20. The molecule has 0 unspecified atom stereocenters. The number of aliphatic hydroxyl groups excluding tert-OH is 1. The Morgan fingerprint density at radius 1 is 1.00 bits per heavy atom. The molecule has 0 bridgehead atoms. The minimum absolute atomic E-state index is 0.0120. The van der Waals surface area contributed by atoms with E-state index < -0.39 is 10.0 Å². The zero-order valence-electron chi connectivity index (χ0n) is 19.7. The maximum atomic E-state index is 13.1. The zero-order valence-corrected chi connectivity index (χ0v) is 21.3. The van der Waals surface area contributed by atoms with Gasteiger partial charge in [-0.1, -0.05) is 74.6 Å². The standard InChI is InChI=1S/C27H34N2O3S2/c1-20(17-21-7-3-2-4-8-21)28-18-24-9-5-6-10-25(24)29-34(31,32)27-16-15-26(33-27)23-13-11-22(19-30)12-14-23/h5-6,9-16,20-21,28-30H,2-4,7-8,17-19H2,1H3/t20-/m0/s1. The van der Waals surface area contributed by atoms with Crippen LogP contribution in [0.25, 0.3) is 10.4 Å². The first-order chi connectivity index (χ1) is 16.4. The number of thiophene rings is 1. The van der Waals surface area contributed by atoms with Gasteiger partial charge in [0.1, 0.15) is 4.21 Å². The van der Waals surface area contributed by atoms with Crippen LogP contribution >= 0.6 is 11.3 Å². The first kappa shape index (κ1) is 24.9. The van der Waals surface area contributed by atoms with Crippen molar-refractivity contribution in [3.05, 3.63) is 71.8 Å². The second kappa shape index (κ2) is 11.5. The highest BCUT2D eigenvalue weighted by atomic mass is 32.2. The Kier molecular flexibility index (Phi) is 8.42. The van der Waals surface area contributed by atoms with E-state index in [1.54, 1.807) is 6.07 Å². The van der Waals surface area contributed by atoms with Gasteiger partial charge in [0, 0.05) is 17.5 Å². The summed E-state index contributed by atoms with van der Waals surface area (Å²) >= 11 is 1.24. The molecule has 0 radical (unpaired) electrons. The van der Waals surface area contributed by atoms with E-state index in [-0.39, 0.29) is 10.8 Å². The first-order valence-electron chi connectivity index (χ1n) is 12.1. The van der Waals surface area contributed by atoms with Crippen LogP contribution in [-0.4, -0.2) is 19.6 Å². The second-order valence-electron chi connectivity index (χ2n) is 9.26. The molecular formula is C27H34N2O3S2. The molecule has 1 aromatic heterocycles. The lowest BCUT2D eigenvalue weighted by atomic mass is 9.85. The van der Waals surface area contributed by atoms with E-state index in [0.717, 1.165) is 27.5 Å². The molecule has 2 aromatic carbocycles. The van der Waals surface area contributed by atoms with Crippen LogP contribution in [0.3, 0.4) is 0 Å². The monoisotopic (exact) mass is 498 g/mol. The summed E-state index contributed by atoms with van der Waals surface area (Å²) in [5.41, 5.74) is 3.31. The van der Waals surface area contributed by atoms with Gasteiger partial charge >= 0.3 is 0 Å². The van der Waals surface area contributed by atoms with Gasteiger partial charge in [-0.2, -0.15) is 0 Å². The lowest BCUT2D eigenvalue weighted by Crippen LogP contribution is -2.29. The van der Waals surface area contributed by atoms with E-state index in [0.29, 0.717) is 18.3 Å². The molecule has 0 aliphatic heterocycles. The van der Waals surface area contributed by atoms with E-state index in [2.05, 4.69) is 17.0 Å². The Hall–Kier alpha value is -2.19. The van der Waals surface area contributed by atoms with Crippen molar-refractivity contribution in [2.45, 2.75) is 68.9 Å². The minimum atomic E-state index is -3.70. The van der Waals surface area contributed by atoms with Gasteiger partial charge < -0.3 is 10.4 Å². The van der Waals surface area contributed by atoms with Crippen LogP contribution in [0.5, 0.6) is 0 Å². The first-order valence-corrected chi connectivity index (χ1v) is 14.4. The third-order valence-corrected chi connectivity index (χ3v) is 9.57. The summed E-state index contributed by atoms with van der Waals surface area (Å²) in [4.78, 5) is 0.872. The van der Waals surface area contributed by atoms with E-state index in [4.69, 9.17) is 0 Å². The van der Waals surface area contributed by atoms with Crippen molar-refractivity contribution in [2.75, 3.05) is 4.72 Å². The molecule has 3 N–H and O–H groups in total. The van der Waals surface area contributed by atoms with Gasteiger partial charge in [0.25, 0.3) is 10.0 Å². The molecular weight excluding hydrogens is 464 g/mol. The maximum absolute atomic E-state index is 13.1. The molecule has 34 heavy (non-hydrogen) atoms. The number of rotatable bonds is 10. The van der Waals surface area contributed by atoms with Crippen LogP contribution in [0.1, 0.15) is 56.6 Å². The molecule has 1 atom stereocenters. The number of anilines is 1. The second-order valence-corrected chi connectivity index (χ2v) is 12.3. The predicted octanol–water partition coefficient (Wildman–Crippen LogP) is 6.16. The third-order valence-electron chi connectivity index (χ3n) is 6.58. The summed E-state index contributed by atoms with van der Waals surface area (Å²) < 4.78 is 29.4. The largest absolute Gasteiger partial charge is 0.392 e. The molecule has 1 heterocycles. The van der Waals surface area contributed by atoms with Crippen molar-refractivity contribution in [3.8, 4) is 10.4 Å². The summed E-state index contributed by atoms with van der Waals surface area (Å²) in [6.45, 7) is 2.84. The lowest BCUT2D eigenvalue weighted by molar-refractivity contribution is 0.282. The Labute approximate surface area is 207 Å². The number of hydrogen-bond acceptors (Lipinski definition) is 5. The molecule has 182 valence electrons. The fourth-order valence-electron chi connectivity index (χ4n) is 4.65. The number of sulfonamides is 1. The Morgan fingerprint density at radius 2 is 1.74 bits per heavy atom. The van der Waals surface area contributed by atoms with Crippen LogP contribution in [-0.2, 0) is 23.2 Å².